The highest BCUT2D eigenvalue weighted by molar-refractivity contribution is 6.72. The minimum atomic E-state index is -1.44. The van der Waals surface area contributed by atoms with Crippen LogP contribution in [0.1, 0.15) is 41.5 Å². The molecule has 4 heteroatoms. The topological polar surface area (TPSA) is 35.5 Å². The molecule has 1 atom stereocenters. The first kappa shape index (κ1) is 15.4. The van der Waals surface area contributed by atoms with E-state index in [-0.39, 0.29) is 25.3 Å². The molecule has 1 fully saturated rings. The predicted octanol–water partition coefficient (Wildman–Crippen LogP) is 3.30. The van der Waals surface area contributed by atoms with Crippen molar-refractivity contribution in [2.24, 2.45) is 5.41 Å². The van der Waals surface area contributed by atoms with E-state index in [1.165, 1.54) is 0 Å². The third kappa shape index (κ3) is 2.73. The van der Waals surface area contributed by atoms with Crippen molar-refractivity contribution in [3.63, 3.8) is 0 Å². The van der Waals surface area contributed by atoms with Crippen LogP contribution in [0.5, 0.6) is 0 Å². The molecule has 94 valence electrons. The summed E-state index contributed by atoms with van der Waals surface area (Å²) in [5, 5.41) is 0. The molecule has 0 bridgehead atoms. The lowest BCUT2D eigenvalue weighted by Crippen LogP contribution is -2.44. The molecule has 0 saturated carbocycles. The van der Waals surface area contributed by atoms with Gasteiger partial charge in [0.1, 0.15) is 0 Å². The first-order chi connectivity index (χ1) is 6.69. The van der Waals surface area contributed by atoms with E-state index in [0.29, 0.717) is 6.32 Å². The molecular weight excluding hydrogens is 203 g/mol. The number of hydrogen-bond donors (Lipinski definition) is 0. The maximum atomic E-state index is 11.7. The van der Waals surface area contributed by atoms with E-state index in [4.69, 9.17) is 9.31 Å². The fourth-order valence-electron chi connectivity index (χ4n) is 2.24. The molecule has 0 amide bonds. The van der Waals surface area contributed by atoms with Crippen LogP contribution in [0, 0.1) is 12.8 Å². The molecular formula is C12H25BO3. The Bertz CT molecular complexity index is 261. The van der Waals surface area contributed by atoms with Crippen molar-refractivity contribution in [2.75, 3.05) is 0 Å². The van der Waals surface area contributed by atoms with Crippen LogP contribution in [0.25, 0.3) is 0 Å². The lowest BCUT2D eigenvalue weighted by Gasteiger charge is -2.41. The highest BCUT2D eigenvalue weighted by atomic mass is 16.6. The molecule has 1 rings (SSSR count). The fourth-order valence-corrected chi connectivity index (χ4v) is 2.24. The number of carbonyl (C=O) groups is 1. The summed E-state index contributed by atoms with van der Waals surface area (Å²) in [6, 6.07) is 0. The molecule has 1 unspecified atom stereocenters. The second kappa shape index (κ2) is 4.70. The molecule has 0 aliphatic carbocycles. The van der Waals surface area contributed by atoms with Gasteiger partial charge in [-0.15, -0.1) is 5.82 Å². The lowest BCUT2D eigenvalue weighted by molar-refractivity contribution is -0.141. The van der Waals surface area contributed by atoms with Crippen molar-refractivity contribution in [3.8, 4) is 0 Å². The Labute approximate surface area is 99.9 Å². The summed E-state index contributed by atoms with van der Waals surface area (Å²) in [6.45, 7) is 10.5. The number of carbonyl (C=O) groups excluding carboxylic acids is 1. The molecule has 0 N–H and O–H groups in total. The van der Waals surface area contributed by atoms with E-state index in [1.54, 1.807) is 0 Å². The van der Waals surface area contributed by atoms with Crippen molar-refractivity contribution < 1.29 is 14.1 Å². The van der Waals surface area contributed by atoms with Gasteiger partial charge in [-0.1, -0.05) is 34.0 Å². The largest absolute Gasteiger partial charge is 0.665 e. The second-order valence-electron chi connectivity index (χ2n) is 5.86. The Balaban J connectivity index is 0.00000225. The molecule has 1 aliphatic heterocycles. The first-order valence-electron chi connectivity index (χ1n) is 5.77. The molecule has 0 radical (unpaired) electrons. The Hall–Kier alpha value is -0.635. The third-order valence-corrected chi connectivity index (χ3v) is 3.17. The van der Waals surface area contributed by atoms with Crippen LogP contribution in [0.15, 0.2) is 0 Å². The maximum Gasteiger partial charge on any atom is 0.299 e. The molecule has 0 spiro atoms. The molecule has 1 heterocycles. The Morgan fingerprint density at radius 1 is 1.31 bits per heavy atom. The Kier molecular flexibility index (Phi) is 4.51. The van der Waals surface area contributed by atoms with Crippen LogP contribution in [-0.4, -0.2) is 18.6 Å². The van der Waals surface area contributed by atoms with E-state index in [0.717, 1.165) is 0 Å². The minimum Gasteiger partial charge on any atom is -0.665 e. The van der Waals surface area contributed by atoms with Crippen LogP contribution in [-0.2, 0) is 14.1 Å². The quantitative estimate of drug-likeness (QED) is 0.549. The van der Waals surface area contributed by atoms with E-state index in [1.807, 2.05) is 27.7 Å². The van der Waals surface area contributed by atoms with Crippen molar-refractivity contribution in [1.82, 2.24) is 0 Å². The van der Waals surface area contributed by atoms with Crippen LogP contribution < -0.4 is 0 Å². The Morgan fingerprint density at radius 2 is 1.81 bits per heavy atom. The van der Waals surface area contributed by atoms with Gasteiger partial charge in [-0.3, -0.25) is 4.79 Å². The van der Waals surface area contributed by atoms with E-state index >= 15 is 0 Å². The van der Waals surface area contributed by atoms with E-state index in [9.17, 15) is 4.79 Å². The zero-order chi connectivity index (χ0) is 11.9. The standard InChI is InChI=1S/C11H22BO3.CH3/c1-8(2)12(14-9(3)4)7-11(5,6)10(13)15-12;/h8-9H,7H2,1-6H3;1H3/q-1;+1. The van der Waals surface area contributed by atoms with Crippen LogP contribution in [0.3, 0.4) is 0 Å². The fraction of sp³-hybridized carbons (Fsp3) is 0.833. The van der Waals surface area contributed by atoms with E-state index in [2.05, 4.69) is 13.8 Å². The average Bonchev–Trinajstić information content (AvgIpc) is 2.21. The third-order valence-electron chi connectivity index (χ3n) is 3.17. The summed E-state index contributed by atoms with van der Waals surface area (Å²) in [6.07, 6.45) is 0.788. The highest BCUT2D eigenvalue weighted by Gasteiger charge is 2.49. The predicted molar refractivity (Wildman–Crippen MR) is 68.2 cm³/mol. The number of hydrogen-bond acceptors (Lipinski definition) is 3. The first-order valence-corrected chi connectivity index (χ1v) is 5.77. The van der Waals surface area contributed by atoms with Gasteiger partial charge >= 0.3 is 0 Å². The van der Waals surface area contributed by atoms with Gasteiger partial charge in [0, 0.05) is 18.9 Å². The monoisotopic (exact) mass is 228 g/mol. The van der Waals surface area contributed by atoms with Gasteiger partial charge in [-0.25, -0.2) is 0 Å². The summed E-state index contributed by atoms with van der Waals surface area (Å²) in [4.78, 5) is 11.7. The van der Waals surface area contributed by atoms with Crippen molar-refractivity contribution in [2.45, 2.75) is 59.8 Å². The SMILES string of the molecule is CC(C)O[B-]1(C(C)C)CC(C)(C)C(=O)O1.[CH3+]. The van der Waals surface area contributed by atoms with Crippen LogP contribution in [0.2, 0.25) is 12.1 Å². The summed E-state index contributed by atoms with van der Waals surface area (Å²) >= 11 is 0. The lowest BCUT2D eigenvalue weighted by atomic mass is 9.44. The molecule has 0 aromatic heterocycles. The molecule has 1 aliphatic rings. The van der Waals surface area contributed by atoms with Gasteiger partial charge in [0.2, 0.25) is 0 Å². The normalized spacial score (nSPS) is 28.1. The zero-order valence-corrected chi connectivity index (χ0v) is 11.7. The summed E-state index contributed by atoms with van der Waals surface area (Å²) in [5.41, 5.74) is -0.404. The van der Waals surface area contributed by atoms with Gasteiger partial charge in [0.25, 0.3) is 12.5 Å². The molecule has 0 aromatic rings. The summed E-state index contributed by atoms with van der Waals surface area (Å²) in [5.74, 6) is 0.106. The maximum absolute atomic E-state index is 11.7. The number of rotatable bonds is 3. The van der Waals surface area contributed by atoms with Gasteiger partial charge < -0.3 is 9.31 Å². The Morgan fingerprint density at radius 3 is 2.06 bits per heavy atom. The van der Waals surface area contributed by atoms with Crippen molar-refractivity contribution in [1.29, 1.82) is 0 Å². The van der Waals surface area contributed by atoms with Crippen molar-refractivity contribution >= 4 is 12.5 Å². The summed E-state index contributed by atoms with van der Waals surface area (Å²) < 4.78 is 11.4. The van der Waals surface area contributed by atoms with E-state index < -0.39 is 12.0 Å². The van der Waals surface area contributed by atoms with Crippen LogP contribution in [0.4, 0.5) is 0 Å². The summed E-state index contributed by atoms with van der Waals surface area (Å²) in [7, 11) is 0. The second-order valence-corrected chi connectivity index (χ2v) is 5.86. The zero-order valence-electron chi connectivity index (χ0n) is 11.7. The smallest absolute Gasteiger partial charge is 0.299 e. The minimum absolute atomic E-state index is 0. The molecule has 3 nitrogen and oxygen atoms in total. The van der Waals surface area contributed by atoms with Crippen molar-refractivity contribution in [3.05, 3.63) is 7.43 Å². The van der Waals surface area contributed by atoms with Crippen LogP contribution >= 0.6 is 0 Å². The highest BCUT2D eigenvalue weighted by Crippen LogP contribution is 2.44. The molecule has 1 saturated heterocycles. The average molecular weight is 228 g/mol. The van der Waals surface area contributed by atoms with Gasteiger partial charge in [0.15, 0.2) is 0 Å². The van der Waals surface area contributed by atoms with Gasteiger partial charge in [0.05, 0.1) is 0 Å². The van der Waals surface area contributed by atoms with Gasteiger partial charge in [-0.2, -0.15) is 0 Å². The van der Waals surface area contributed by atoms with Gasteiger partial charge in [-0.05, 0) is 13.8 Å². The molecule has 0 aromatic carbocycles. The molecule has 16 heavy (non-hydrogen) atoms.